The molecular formula is C41H55N5O8S. The average molecular weight is 778 g/mol. The maximum absolute atomic E-state index is 14.7. The van der Waals surface area contributed by atoms with E-state index in [1.807, 2.05) is 6.07 Å². The number of hydrogen-bond donors (Lipinski definition) is 3. The van der Waals surface area contributed by atoms with Crippen LogP contribution in [0.15, 0.2) is 49.7 Å². The van der Waals surface area contributed by atoms with E-state index in [9.17, 15) is 27.6 Å². The molecule has 3 heterocycles. The maximum atomic E-state index is 14.7. The van der Waals surface area contributed by atoms with Crippen molar-refractivity contribution >= 4 is 44.6 Å². The minimum absolute atomic E-state index is 0.00155. The van der Waals surface area contributed by atoms with Gasteiger partial charge in [-0.2, -0.15) is 0 Å². The summed E-state index contributed by atoms with van der Waals surface area (Å²) < 4.78 is 40.0. The van der Waals surface area contributed by atoms with E-state index in [2.05, 4.69) is 66.4 Å². The Morgan fingerprint density at radius 2 is 1.82 bits per heavy atom. The second kappa shape index (κ2) is 16.7. The third-order valence-corrected chi connectivity index (χ3v) is 13.4. The fourth-order valence-corrected chi connectivity index (χ4v) is 9.54. The summed E-state index contributed by atoms with van der Waals surface area (Å²) in [5.41, 5.74) is 1.96. The van der Waals surface area contributed by atoms with Crippen LogP contribution in [0.3, 0.4) is 0 Å². The number of sulfonamides is 1. The fraction of sp³-hybridized carbons (Fsp3) is 0.585. The molecule has 0 spiro atoms. The summed E-state index contributed by atoms with van der Waals surface area (Å²) in [4.78, 5) is 62.1. The van der Waals surface area contributed by atoms with E-state index < -0.39 is 69.2 Å². The van der Waals surface area contributed by atoms with Gasteiger partial charge in [-0.3, -0.25) is 19.1 Å². The van der Waals surface area contributed by atoms with Crippen LogP contribution in [0, 0.1) is 17.3 Å². The minimum atomic E-state index is -3.94. The Labute approximate surface area is 324 Å². The predicted octanol–water partition coefficient (Wildman–Crippen LogP) is 4.87. The van der Waals surface area contributed by atoms with Crippen LogP contribution >= 0.6 is 0 Å². The Balaban J connectivity index is 1.37. The number of nitrogens with zero attached hydrogens (tertiary/aromatic N) is 2. The first-order valence-electron chi connectivity index (χ1n) is 19.7. The SMILES string of the molecule is C=CC(C=C)C(NC(=O)[C@@H]1C[C@@H]2CN1C(=O)[C@H](C1CCCC1)NC(=O)OCC(C)(C)CCCc1cc(CC)c3ccnc(c3c1)O2)C(=O)NS(=O)(=O)C1CC1. The van der Waals surface area contributed by atoms with Gasteiger partial charge in [0.05, 0.1) is 18.4 Å². The van der Waals surface area contributed by atoms with Gasteiger partial charge in [-0.05, 0) is 91.3 Å². The standard InChI is InChI=1S/C41H55N5O8S/c1-6-26(7-2)34(37(48)45-55(51,52)30-15-16-30)43-36(47)33-22-29-23-46(33)39(49)35(28-13-9-10-14-28)44-40(50)53-24-41(4,5)18-11-12-25-20-27(8-3)31-17-19-42-38(54-29)32(31)21-25/h6-7,17,19-21,26,28-30,33-35H,1-2,8-16,18,22-24H2,3-5H3,(H,43,47)(H,44,50)(H,45,48)/t29-,33+,34?,35+/m1/s1. The first-order valence-corrected chi connectivity index (χ1v) is 21.2. The van der Waals surface area contributed by atoms with Crippen LogP contribution < -0.4 is 20.1 Å². The molecule has 4 bridgehead atoms. The molecule has 4 amide bonds. The van der Waals surface area contributed by atoms with Crippen LogP contribution in [-0.2, 0) is 42.0 Å². The third kappa shape index (κ3) is 9.33. The summed E-state index contributed by atoms with van der Waals surface area (Å²) in [5.74, 6) is -2.68. The Hall–Kier alpha value is -4.46. The molecule has 14 heteroatoms. The highest BCUT2D eigenvalue weighted by atomic mass is 32.2. The second-order valence-electron chi connectivity index (χ2n) is 16.3. The molecule has 4 atom stereocenters. The molecule has 1 aromatic carbocycles. The number of ether oxygens (including phenoxy) is 2. The van der Waals surface area contributed by atoms with Crippen LogP contribution in [0.1, 0.15) is 89.7 Å². The van der Waals surface area contributed by atoms with E-state index >= 15 is 0 Å². The van der Waals surface area contributed by atoms with Gasteiger partial charge in [-0.1, -0.05) is 51.8 Å². The van der Waals surface area contributed by atoms with Crippen molar-refractivity contribution in [2.45, 2.75) is 121 Å². The van der Waals surface area contributed by atoms with Gasteiger partial charge in [0.1, 0.15) is 24.2 Å². The van der Waals surface area contributed by atoms with E-state index in [1.165, 1.54) is 17.1 Å². The maximum Gasteiger partial charge on any atom is 0.407 e. The van der Waals surface area contributed by atoms with Crippen molar-refractivity contribution in [3.8, 4) is 5.88 Å². The molecule has 2 aromatic rings. The van der Waals surface area contributed by atoms with Crippen LogP contribution in [0.25, 0.3) is 10.8 Å². The van der Waals surface area contributed by atoms with Gasteiger partial charge in [-0.25, -0.2) is 18.2 Å². The summed E-state index contributed by atoms with van der Waals surface area (Å²) in [5, 5.41) is 6.79. The number of nitrogens with one attached hydrogen (secondary N) is 3. The second-order valence-corrected chi connectivity index (χ2v) is 18.3. The minimum Gasteiger partial charge on any atom is -0.472 e. The van der Waals surface area contributed by atoms with Gasteiger partial charge in [0, 0.05) is 23.9 Å². The van der Waals surface area contributed by atoms with E-state index in [1.54, 1.807) is 6.20 Å². The van der Waals surface area contributed by atoms with Gasteiger partial charge in [0.2, 0.25) is 27.7 Å². The molecule has 0 radical (unpaired) electrons. The van der Waals surface area contributed by atoms with Crippen molar-refractivity contribution < 1.29 is 37.1 Å². The zero-order valence-electron chi connectivity index (χ0n) is 32.2. The summed E-state index contributed by atoms with van der Waals surface area (Å²) in [6.07, 6.45) is 10.6. The monoisotopic (exact) mass is 777 g/mol. The molecule has 2 aliphatic carbocycles. The lowest BCUT2D eigenvalue weighted by molar-refractivity contribution is -0.141. The van der Waals surface area contributed by atoms with Gasteiger partial charge in [0.25, 0.3) is 5.91 Å². The summed E-state index contributed by atoms with van der Waals surface area (Å²) in [6, 6.07) is 2.80. The Bertz CT molecular complexity index is 1910. The molecular weight excluding hydrogens is 723 g/mol. The first-order chi connectivity index (χ1) is 26.2. The summed E-state index contributed by atoms with van der Waals surface area (Å²) in [6.45, 7) is 13.9. The van der Waals surface area contributed by atoms with Crippen LogP contribution in [0.4, 0.5) is 4.79 Å². The largest absolute Gasteiger partial charge is 0.472 e. The van der Waals surface area contributed by atoms with Crippen molar-refractivity contribution in [2.24, 2.45) is 17.3 Å². The first kappa shape index (κ1) is 40.2. The molecule has 6 rings (SSSR count). The van der Waals surface area contributed by atoms with Crippen molar-refractivity contribution in [1.29, 1.82) is 0 Å². The number of aryl methyl sites for hydroxylation is 2. The molecule has 3 N–H and O–H groups in total. The fourth-order valence-electron chi connectivity index (χ4n) is 8.21. The van der Waals surface area contributed by atoms with Gasteiger partial charge < -0.3 is 25.0 Å². The van der Waals surface area contributed by atoms with Crippen LogP contribution in [0.2, 0.25) is 0 Å². The zero-order valence-corrected chi connectivity index (χ0v) is 33.0. The van der Waals surface area contributed by atoms with E-state index in [-0.39, 0.29) is 30.9 Å². The molecule has 55 heavy (non-hydrogen) atoms. The molecule has 1 unspecified atom stereocenters. The van der Waals surface area contributed by atoms with Gasteiger partial charge >= 0.3 is 6.09 Å². The summed E-state index contributed by atoms with van der Waals surface area (Å²) in [7, 11) is -3.94. The highest BCUT2D eigenvalue weighted by Gasteiger charge is 2.47. The molecule has 3 fully saturated rings. The Morgan fingerprint density at radius 1 is 1.09 bits per heavy atom. The number of amides is 4. The highest BCUT2D eigenvalue weighted by Crippen LogP contribution is 2.35. The quantitative estimate of drug-likeness (QED) is 0.285. The Kier molecular flexibility index (Phi) is 12.2. The number of hydrogen-bond acceptors (Lipinski definition) is 9. The van der Waals surface area contributed by atoms with Crippen molar-refractivity contribution in [3.05, 3.63) is 60.8 Å². The molecule has 1 aromatic heterocycles. The summed E-state index contributed by atoms with van der Waals surface area (Å²) >= 11 is 0. The molecule has 4 aliphatic rings. The number of alkyl carbamates (subject to hydrolysis) is 1. The molecule has 1 saturated heterocycles. The topological polar surface area (TPSA) is 173 Å². The lowest BCUT2D eigenvalue weighted by Crippen LogP contribution is -2.59. The van der Waals surface area contributed by atoms with Crippen molar-refractivity contribution in [1.82, 2.24) is 25.2 Å². The third-order valence-electron chi connectivity index (χ3n) is 11.5. The van der Waals surface area contributed by atoms with Crippen molar-refractivity contribution in [2.75, 3.05) is 13.2 Å². The average Bonchev–Trinajstić information content (AvgIpc) is 3.73. The Morgan fingerprint density at radius 3 is 2.49 bits per heavy atom. The number of cyclic esters (lactones) is 1. The normalized spacial score (nSPS) is 24.3. The van der Waals surface area contributed by atoms with E-state index in [4.69, 9.17) is 9.47 Å². The van der Waals surface area contributed by atoms with E-state index in [0.29, 0.717) is 31.6 Å². The van der Waals surface area contributed by atoms with Gasteiger partial charge in [0.15, 0.2) is 0 Å². The predicted molar refractivity (Wildman–Crippen MR) is 209 cm³/mol. The molecule has 2 saturated carbocycles. The number of fused-ring (bicyclic) bond motifs is 3. The number of rotatable bonds is 10. The smallest absolute Gasteiger partial charge is 0.407 e. The number of carbonyl (C=O) groups is 4. The lowest BCUT2D eigenvalue weighted by atomic mass is 9.87. The lowest BCUT2D eigenvalue weighted by Gasteiger charge is -2.32. The van der Waals surface area contributed by atoms with Crippen molar-refractivity contribution in [3.63, 3.8) is 0 Å². The zero-order chi connectivity index (χ0) is 39.5. The number of carbonyl (C=O) groups excluding carboxylic acids is 4. The van der Waals surface area contributed by atoms with Gasteiger partial charge in [-0.15, -0.1) is 13.2 Å². The number of pyridine rings is 1. The van der Waals surface area contributed by atoms with Crippen LogP contribution in [-0.4, -0.2) is 84.7 Å². The number of benzene rings is 1. The molecule has 13 nitrogen and oxygen atoms in total. The van der Waals surface area contributed by atoms with E-state index in [0.717, 1.165) is 60.4 Å². The highest BCUT2D eigenvalue weighted by molar-refractivity contribution is 7.90. The number of aromatic nitrogens is 1. The molecule has 298 valence electrons. The molecule has 2 aliphatic heterocycles. The van der Waals surface area contributed by atoms with Crippen LogP contribution in [0.5, 0.6) is 5.88 Å².